The van der Waals surface area contributed by atoms with Crippen LogP contribution in [-0.4, -0.2) is 24.0 Å². The highest BCUT2D eigenvalue weighted by Crippen LogP contribution is 2.22. The molecule has 1 heterocycles. The molecule has 1 unspecified atom stereocenters. The summed E-state index contributed by atoms with van der Waals surface area (Å²) in [6.07, 6.45) is 2.83. The monoisotopic (exact) mass is 290 g/mol. The summed E-state index contributed by atoms with van der Waals surface area (Å²) in [4.78, 5) is 15.9. The summed E-state index contributed by atoms with van der Waals surface area (Å²) in [6, 6.07) is 8.62. The first-order valence-electron chi connectivity index (χ1n) is 5.90. The van der Waals surface area contributed by atoms with Crippen LogP contribution in [0.2, 0.25) is 5.02 Å². The Labute approximate surface area is 121 Å². The lowest BCUT2D eigenvalue weighted by atomic mass is 10.1. The average Bonchev–Trinajstić information content (AvgIpc) is 2.48. The molecule has 0 N–H and O–H groups in total. The van der Waals surface area contributed by atoms with E-state index in [-0.39, 0.29) is 6.61 Å². The Morgan fingerprint density at radius 1 is 1.50 bits per heavy atom. The Balaban J connectivity index is 2.39. The molecule has 1 aromatic rings. The molecule has 0 fully saturated rings. The van der Waals surface area contributed by atoms with Crippen molar-refractivity contribution in [3.05, 3.63) is 47.2 Å². The maximum Gasteiger partial charge on any atom is 0.390 e. The van der Waals surface area contributed by atoms with Gasteiger partial charge in [-0.05, 0) is 25.1 Å². The predicted octanol–water partition coefficient (Wildman–Crippen LogP) is 2.46. The van der Waals surface area contributed by atoms with E-state index in [4.69, 9.17) is 21.1 Å². The summed E-state index contributed by atoms with van der Waals surface area (Å²) in [6.45, 7) is 1.78. The zero-order valence-corrected chi connectivity index (χ0v) is 11.4. The van der Waals surface area contributed by atoms with Crippen LogP contribution in [0.5, 0.6) is 0 Å². The smallest absolute Gasteiger partial charge is 0.390 e. The van der Waals surface area contributed by atoms with Crippen LogP contribution in [0.1, 0.15) is 12.5 Å². The molecule has 20 heavy (non-hydrogen) atoms. The molecule has 5 nitrogen and oxygen atoms in total. The fourth-order valence-electron chi connectivity index (χ4n) is 1.63. The molecule has 0 aliphatic carbocycles. The first-order chi connectivity index (χ1) is 9.61. The summed E-state index contributed by atoms with van der Waals surface area (Å²) < 4.78 is 9.91. The quantitative estimate of drug-likeness (QED) is 0.802. The number of hydrogen-bond acceptors (Lipinski definition) is 5. The number of aliphatic imine (C=N–C) groups is 1. The number of carbonyl (C=O) groups is 1. The number of rotatable bonds is 3. The summed E-state index contributed by atoms with van der Waals surface area (Å²) in [5.41, 5.74) is -0.819. The fourth-order valence-corrected chi connectivity index (χ4v) is 1.76. The molecule has 1 aliphatic heterocycles. The van der Waals surface area contributed by atoms with Gasteiger partial charge in [0.25, 0.3) is 0 Å². The zero-order chi connectivity index (χ0) is 14.6. The second kappa shape index (κ2) is 5.76. The summed E-state index contributed by atoms with van der Waals surface area (Å²) in [5.74, 6) is -0.835. The van der Waals surface area contributed by atoms with Crippen LogP contribution in [0.3, 0.4) is 0 Å². The van der Waals surface area contributed by atoms with Gasteiger partial charge in [-0.15, -0.1) is 0 Å². The molecule has 0 bridgehead atoms. The number of halogens is 1. The van der Waals surface area contributed by atoms with Gasteiger partial charge >= 0.3 is 11.7 Å². The Hall–Kier alpha value is -2.32. The molecule has 0 aromatic heterocycles. The van der Waals surface area contributed by atoms with Crippen molar-refractivity contribution in [2.24, 2.45) is 4.99 Å². The van der Waals surface area contributed by atoms with Gasteiger partial charge in [0.15, 0.2) is 0 Å². The zero-order valence-electron chi connectivity index (χ0n) is 10.7. The number of hydrogen-bond donors (Lipinski definition) is 0. The third kappa shape index (κ3) is 2.65. The largest absolute Gasteiger partial charge is 0.461 e. The van der Waals surface area contributed by atoms with Gasteiger partial charge in [0.2, 0.25) is 0 Å². The maximum atomic E-state index is 11.9. The van der Waals surface area contributed by atoms with Crippen molar-refractivity contribution in [2.75, 3.05) is 6.61 Å². The molecule has 102 valence electrons. The van der Waals surface area contributed by atoms with E-state index in [9.17, 15) is 10.1 Å². The van der Waals surface area contributed by atoms with E-state index in [2.05, 4.69) is 4.99 Å². The molecule has 0 saturated heterocycles. The van der Waals surface area contributed by atoms with Crippen molar-refractivity contribution in [3.63, 3.8) is 0 Å². The molecule has 1 aliphatic rings. The van der Waals surface area contributed by atoms with E-state index in [1.165, 1.54) is 6.26 Å². The van der Waals surface area contributed by atoms with Crippen molar-refractivity contribution in [1.29, 1.82) is 5.26 Å². The summed E-state index contributed by atoms with van der Waals surface area (Å²) in [5, 5.41) is 9.79. The van der Waals surface area contributed by atoms with Crippen molar-refractivity contribution in [1.82, 2.24) is 0 Å². The highest BCUT2D eigenvalue weighted by Gasteiger charge is 2.44. The SMILES string of the molecule is CCOC(=O)C1(C#N)N=C(c2ccc(Cl)cc2)C=CO1. The second-order valence-corrected chi connectivity index (χ2v) is 4.34. The van der Waals surface area contributed by atoms with E-state index < -0.39 is 11.7 Å². The van der Waals surface area contributed by atoms with Crippen LogP contribution in [0.15, 0.2) is 41.6 Å². The molecule has 0 amide bonds. The van der Waals surface area contributed by atoms with Gasteiger partial charge in [-0.1, -0.05) is 23.7 Å². The molecular formula is C14H11ClN2O3. The molecule has 0 radical (unpaired) electrons. The number of allylic oxidation sites excluding steroid dienone is 1. The Bertz CT molecular complexity index is 616. The number of benzene rings is 1. The van der Waals surface area contributed by atoms with Gasteiger partial charge < -0.3 is 9.47 Å². The fraction of sp³-hybridized carbons (Fsp3) is 0.214. The van der Waals surface area contributed by atoms with E-state index >= 15 is 0 Å². The average molecular weight is 291 g/mol. The number of carbonyl (C=O) groups excluding carboxylic acids is 1. The van der Waals surface area contributed by atoms with Gasteiger partial charge in [0, 0.05) is 10.6 Å². The van der Waals surface area contributed by atoms with Crippen LogP contribution in [0.25, 0.3) is 0 Å². The second-order valence-electron chi connectivity index (χ2n) is 3.90. The van der Waals surface area contributed by atoms with Crippen molar-refractivity contribution >= 4 is 23.3 Å². The van der Waals surface area contributed by atoms with Crippen LogP contribution in [0.4, 0.5) is 0 Å². The third-order valence-corrected chi connectivity index (χ3v) is 2.84. The minimum absolute atomic E-state index is 0.140. The Morgan fingerprint density at radius 2 is 2.20 bits per heavy atom. The highest BCUT2D eigenvalue weighted by molar-refractivity contribution is 6.30. The number of nitriles is 1. The van der Waals surface area contributed by atoms with E-state index in [1.807, 2.05) is 0 Å². The minimum atomic E-state index is -1.99. The normalized spacial score (nSPS) is 20.6. The first-order valence-corrected chi connectivity index (χ1v) is 6.27. The number of nitrogens with zero attached hydrogens (tertiary/aromatic N) is 2. The topological polar surface area (TPSA) is 71.7 Å². The van der Waals surface area contributed by atoms with Crippen LogP contribution in [-0.2, 0) is 14.3 Å². The summed E-state index contributed by atoms with van der Waals surface area (Å²) in [7, 11) is 0. The van der Waals surface area contributed by atoms with Crippen LogP contribution in [0, 0.1) is 11.3 Å². The molecule has 2 rings (SSSR count). The molecule has 1 aromatic carbocycles. The maximum absolute atomic E-state index is 11.9. The molecule has 0 spiro atoms. The van der Waals surface area contributed by atoms with Crippen LogP contribution < -0.4 is 0 Å². The molecular weight excluding hydrogens is 280 g/mol. The highest BCUT2D eigenvalue weighted by atomic mass is 35.5. The molecule has 1 atom stereocenters. The number of ether oxygens (including phenoxy) is 2. The van der Waals surface area contributed by atoms with Crippen molar-refractivity contribution in [3.8, 4) is 6.07 Å². The summed E-state index contributed by atoms with van der Waals surface area (Å²) >= 11 is 5.82. The van der Waals surface area contributed by atoms with E-state index in [0.717, 1.165) is 5.56 Å². The van der Waals surface area contributed by atoms with Gasteiger partial charge in [-0.25, -0.2) is 9.79 Å². The molecule has 6 heteroatoms. The Kier molecular flexibility index (Phi) is 4.06. The van der Waals surface area contributed by atoms with Crippen molar-refractivity contribution < 1.29 is 14.3 Å². The van der Waals surface area contributed by atoms with Gasteiger partial charge in [-0.3, -0.25) is 0 Å². The lowest BCUT2D eigenvalue weighted by Crippen LogP contribution is -2.41. The van der Waals surface area contributed by atoms with Gasteiger partial charge in [-0.2, -0.15) is 5.26 Å². The third-order valence-electron chi connectivity index (χ3n) is 2.59. The first kappa shape index (κ1) is 14.1. The Morgan fingerprint density at radius 3 is 2.80 bits per heavy atom. The number of esters is 1. The van der Waals surface area contributed by atoms with E-state index in [0.29, 0.717) is 10.7 Å². The minimum Gasteiger partial charge on any atom is -0.461 e. The molecule has 0 saturated carbocycles. The van der Waals surface area contributed by atoms with E-state index in [1.54, 1.807) is 43.3 Å². The van der Waals surface area contributed by atoms with Gasteiger partial charge in [0.1, 0.15) is 6.07 Å². The predicted molar refractivity (Wildman–Crippen MR) is 73.2 cm³/mol. The van der Waals surface area contributed by atoms with Gasteiger partial charge in [0.05, 0.1) is 18.6 Å². The van der Waals surface area contributed by atoms with Crippen LogP contribution >= 0.6 is 11.6 Å². The van der Waals surface area contributed by atoms with Crippen molar-refractivity contribution in [2.45, 2.75) is 12.6 Å². The standard InChI is InChI=1S/C14H11ClN2O3/c1-2-19-13(18)14(9-16)17-12(7-8-20-14)10-3-5-11(15)6-4-10/h3-8H,2H2,1H3. The lowest BCUT2D eigenvalue weighted by molar-refractivity contribution is -0.159. The lowest BCUT2D eigenvalue weighted by Gasteiger charge is -2.23.